The van der Waals surface area contributed by atoms with Crippen molar-refractivity contribution in [3.63, 3.8) is 0 Å². The highest BCUT2D eigenvalue weighted by Gasteiger charge is 2.10. The number of carbonyl (C=O) groups is 2. The summed E-state index contributed by atoms with van der Waals surface area (Å²) in [5, 5.41) is 36.7. The minimum Gasteiger partial charge on any atom is -0.489 e. The Hall–Kier alpha value is -3.43. The zero-order valence-electron chi connectivity index (χ0n) is 18.0. The zero-order valence-corrected chi connectivity index (χ0v) is 18.0. The number of nitriles is 1. The molecule has 32 heavy (non-hydrogen) atoms. The van der Waals surface area contributed by atoms with Crippen molar-refractivity contribution in [3.05, 3.63) is 33.9 Å². The van der Waals surface area contributed by atoms with E-state index in [2.05, 4.69) is 20.8 Å². The largest absolute Gasteiger partial charge is 0.489 e. The van der Waals surface area contributed by atoms with Gasteiger partial charge in [0.1, 0.15) is 24.5 Å². The molecule has 176 valence electrons. The molecule has 0 aromatic heterocycles. The van der Waals surface area contributed by atoms with Crippen molar-refractivity contribution in [2.24, 2.45) is 0 Å². The molecule has 0 aliphatic rings. The highest BCUT2D eigenvalue weighted by atomic mass is 16.9. The van der Waals surface area contributed by atoms with Crippen LogP contribution in [-0.2, 0) is 14.4 Å². The average Bonchev–Trinajstić information content (AvgIpc) is 2.75. The second-order valence-electron chi connectivity index (χ2n) is 6.80. The fraction of sp³-hybridized carbons (Fsp3) is 0.550. The molecule has 1 rings (SSSR count). The predicted octanol–water partition coefficient (Wildman–Crippen LogP) is 0.731. The molecule has 0 bridgehead atoms. The second-order valence-corrected chi connectivity index (χ2v) is 6.80. The Morgan fingerprint density at radius 2 is 2.06 bits per heavy atom. The van der Waals surface area contributed by atoms with Crippen LogP contribution in [0.2, 0.25) is 0 Å². The van der Waals surface area contributed by atoms with Crippen LogP contribution in [0.25, 0.3) is 0 Å². The van der Waals surface area contributed by atoms with E-state index in [1.54, 1.807) is 12.1 Å². The molecule has 4 N–H and O–H groups in total. The molecule has 0 aliphatic carbocycles. The zero-order chi connectivity index (χ0) is 23.8. The monoisotopic (exact) mass is 451 g/mol. The van der Waals surface area contributed by atoms with E-state index >= 15 is 0 Å². The molecule has 12 heteroatoms. The van der Waals surface area contributed by atoms with Crippen LogP contribution >= 0.6 is 0 Å². The number of aliphatic hydroxyl groups excluding tert-OH is 1. The van der Waals surface area contributed by atoms with Crippen molar-refractivity contribution in [3.8, 4) is 11.8 Å². The molecule has 1 aromatic rings. The Balaban J connectivity index is 2.25. The summed E-state index contributed by atoms with van der Waals surface area (Å²) in [4.78, 5) is 37.3. The summed E-state index contributed by atoms with van der Waals surface area (Å²) in [6.07, 6.45) is 0.625. The lowest BCUT2D eigenvalue weighted by Gasteiger charge is -2.15. The average molecular weight is 451 g/mol. The number of nitrogens with one attached hydrogen (secondary N) is 3. The molecular formula is C20H29N5O7. The van der Waals surface area contributed by atoms with Gasteiger partial charge in [-0.15, -0.1) is 10.1 Å². The predicted molar refractivity (Wildman–Crippen MR) is 114 cm³/mol. The van der Waals surface area contributed by atoms with Gasteiger partial charge in [0.2, 0.25) is 11.8 Å². The summed E-state index contributed by atoms with van der Waals surface area (Å²) in [6.45, 7) is 2.66. The Kier molecular flexibility index (Phi) is 12.8. The first-order valence-corrected chi connectivity index (χ1v) is 10.2. The van der Waals surface area contributed by atoms with Crippen molar-refractivity contribution in [2.45, 2.75) is 38.7 Å². The Bertz CT molecular complexity index is 797. The summed E-state index contributed by atoms with van der Waals surface area (Å²) in [5.41, 5.74) is 0.743. The third-order valence-corrected chi connectivity index (χ3v) is 4.04. The molecule has 2 amide bonds. The van der Waals surface area contributed by atoms with Crippen molar-refractivity contribution in [2.75, 3.05) is 38.2 Å². The molecule has 0 saturated heterocycles. The Labute approximate surface area is 186 Å². The van der Waals surface area contributed by atoms with Crippen LogP contribution < -0.4 is 20.7 Å². The van der Waals surface area contributed by atoms with E-state index in [1.807, 2.05) is 13.0 Å². The summed E-state index contributed by atoms with van der Waals surface area (Å²) in [5.74, 6) is -0.0824. The van der Waals surface area contributed by atoms with Gasteiger partial charge in [-0.3, -0.25) is 9.59 Å². The number of anilines is 1. The SMILES string of the molecule is CCCC(=O)Nc1ccc(OCC(O)CNCCNC(=O)CCCO[N+](=O)[O-])c(C#N)c1. The second kappa shape index (κ2) is 15.4. The summed E-state index contributed by atoms with van der Waals surface area (Å²) in [7, 11) is 0. The number of rotatable bonds is 16. The molecule has 0 saturated carbocycles. The minimum atomic E-state index is -0.902. The van der Waals surface area contributed by atoms with E-state index in [1.165, 1.54) is 6.07 Å². The fourth-order valence-electron chi connectivity index (χ4n) is 2.54. The standard InChI is InChI=1S/C20H29N5O7/c1-2-4-20(28)24-16-6-7-18(15(11-16)12-21)31-14-17(26)13-22-8-9-23-19(27)5-3-10-32-25(29)30/h6-7,11,17,22,26H,2-5,8-10,13-14H2,1H3,(H,23,27)(H,24,28). The molecule has 0 spiro atoms. The van der Waals surface area contributed by atoms with Gasteiger partial charge in [-0.05, 0) is 31.0 Å². The normalized spacial score (nSPS) is 11.2. The Morgan fingerprint density at radius 3 is 2.75 bits per heavy atom. The number of amides is 2. The third-order valence-electron chi connectivity index (χ3n) is 4.04. The lowest BCUT2D eigenvalue weighted by atomic mass is 10.2. The van der Waals surface area contributed by atoms with Gasteiger partial charge in [-0.1, -0.05) is 6.92 Å². The van der Waals surface area contributed by atoms with Crippen LogP contribution in [0.1, 0.15) is 38.2 Å². The highest BCUT2D eigenvalue weighted by Crippen LogP contribution is 2.22. The van der Waals surface area contributed by atoms with Gasteiger partial charge in [0, 0.05) is 38.2 Å². The number of hydrogen-bond donors (Lipinski definition) is 4. The van der Waals surface area contributed by atoms with Gasteiger partial charge in [0.15, 0.2) is 0 Å². The summed E-state index contributed by atoms with van der Waals surface area (Å²) < 4.78 is 5.51. The van der Waals surface area contributed by atoms with Crippen LogP contribution in [-0.4, -0.2) is 61.0 Å². The van der Waals surface area contributed by atoms with Crippen LogP contribution in [0.4, 0.5) is 5.69 Å². The van der Waals surface area contributed by atoms with Gasteiger partial charge < -0.3 is 30.6 Å². The maximum Gasteiger partial charge on any atom is 0.294 e. The van der Waals surface area contributed by atoms with E-state index in [9.17, 15) is 30.1 Å². The first kappa shape index (κ1) is 26.6. The molecule has 1 aromatic carbocycles. The van der Waals surface area contributed by atoms with Gasteiger partial charge in [0.05, 0.1) is 12.2 Å². The van der Waals surface area contributed by atoms with E-state index in [0.29, 0.717) is 30.9 Å². The highest BCUT2D eigenvalue weighted by molar-refractivity contribution is 5.91. The number of carbonyl (C=O) groups excluding carboxylic acids is 2. The van der Waals surface area contributed by atoms with Crippen molar-refractivity contribution < 1.29 is 29.4 Å². The maximum atomic E-state index is 11.7. The van der Waals surface area contributed by atoms with Crippen molar-refractivity contribution in [1.82, 2.24) is 10.6 Å². The lowest BCUT2D eigenvalue weighted by molar-refractivity contribution is -0.757. The topological polar surface area (TPSA) is 176 Å². The summed E-state index contributed by atoms with van der Waals surface area (Å²) >= 11 is 0. The van der Waals surface area contributed by atoms with Crippen LogP contribution in [0, 0.1) is 21.4 Å². The molecular weight excluding hydrogens is 422 g/mol. The van der Waals surface area contributed by atoms with E-state index in [0.717, 1.165) is 6.42 Å². The molecule has 0 fully saturated rings. The quantitative estimate of drug-likeness (QED) is 0.160. The Morgan fingerprint density at radius 1 is 1.28 bits per heavy atom. The van der Waals surface area contributed by atoms with E-state index in [4.69, 9.17) is 4.74 Å². The van der Waals surface area contributed by atoms with Gasteiger partial charge in [-0.2, -0.15) is 5.26 Å². The maximum absolute atomic E-state index is 11.7. The molecule has 0 radical (unpaired) electrons. The van der Waals surface area contributed by atoms with E-state index < -0.39 is 11.2 Å². The third kappa shape index (κ3) is 11.7. The minimum absolute atomic E-state index is 0.0496. The van der Waals surface area contributed by atoms with Gasteiger partial charge in [-0.25, -0.2) is 0 Å². The number of aliphatic hydroxyl groups is 1. The number of benzene rings is 1. The van der Waals surface area contributed by atoms with Crippen molar-refractivity contribution in [1.29, 1.82) is 5.26 Å². The van der Waals surface area contributed by atoms with Gasteiger partial charge in [0.25, 0.3) is 5.09 Å². The number of nitrogens with zero attached hydrogens (tertiary/aromatic N) is 2. The fourth-order valence-corrected chi connectivity index (χ4v) is 2.54. The summed E-state index contributed by atoms with van der Waals surface area (Å²) in [6, 6.07) is 6.71. The smallest absolute Gasteiger partial charge is 0.294 e. The molecule has 12 nitrogen and oxygen atoms in total. The first-order valence-electron chi connectivity index (χ1n) is 10.2. The van der Waals surface area contributed by atoms with E-state index in [-0.39, 0.29) is 50.0 Å². The molecule has 1 atom stereocenters. The number of ether oxygens (including phenoxy) is 1. The lowest BCUT2D eigenvalue weighted by Crippen LogP contribution is -2.37. The molecule has 0 aliphatic heterocycles. The first-order chi connectivity index (χ1) is 15.3. The van der Waals surface area contributed by atoms with Crippen molar-refractivity contribution >= 4 is 17.5 Å². The molecule has 1 unspecified atom stereocenters. The molecule has 0 heterocycles. The van der Waals surface area contributed by atoms with Crippen LogP contribution in [0.5, 0.6) is 5.75 Å². The van der Waals surface area contributed by atoms with Gasteiger partial charge >= 0.3 is 0 Å². The number of hydrogen-bond acceptors (Lipinski definition) is 9. The van der Waals surface area contributed by atoms with Crippen LogP contribution in [0.3, 0.4) is 0 Å². The van der Waals surface area contributed by atoms with Crippen LogP contribution in [0.15, 0.2) is 18.2 Å².